The summed E-state index contributed by atoms with van der Waals surface area (Å²) in [5.41, 5.74) is 1.98. The number of fused-ring (bicyclic) bond motifs is 7. The highest BCUT2D eigenvalue weighted by molar-refractivity contribution is 5.97. The standard InChI is InChI=1S/C24H32O4.C15H14O4/c1-14-12-18-19(22(4)9-6-17(27)13-21(14)22)7-10-23(5)20(18)8-11-24(23,15(2)25)28-16(3)26;1-8(2)14-15(17-3)10-6-9-4-5-13(16)18-11(9)7-12(10)19-14/h12-13,18-20H,6-11H2,1-5H3;4-8H,1-3H3. The maximum Gasteiger partial charge on any atom is 0.336 e. The predicted octanol–water partition coefficient (Wildman–Crippen LogP) is 8.25. The number of hydrogen-bond donors (Lipinski definition) is 0. The molecule has 2 fully saturated rings. The van der Waals surface area contributed by atoms with Crippen molar-refractivity contribution in [2.75, 3.05) is 7.11 Å². The van der Waals surface area contributed by atoms with E-state index < -0.39 is 5.60 Å². The van der Waals surface area contributed by atoms with Gasteiger partial charge in [0, 0.05) is 42.2 Å². The molecule has 4 aliphatic rings. The molecule has 0 aliphatic heterocycles. The van der Waals surface area contributed by atoms with Crippen LogP contribution in [0.4, 0.5) is 0 Å². The average molecular weight is 643 g/mol. The Kier molecular flexibility index (Phi) is 8.17. The molecule has 0 spiro atoms. The van der Waals surface area contributed by atoms with Crippen molar-refractivity contribution in [3.63, 3.8) is 0 Å². The van der Waals surface area contributed by atoms with Crippen molar-refractivity contribution in [2.45, 2.75) is 98.5 Å². The first-order chi connectivity index (χ1) is 22.1. The minimum Gasteiger partial charge on any atom is -0.492 e. The molecule has 8 heteroatoms. The number of furan rings is 1. The molecule has 2 aromatic heterocycles. The minimum atomic E-state index is -0.990. The summed E-state index contributed by atoms with van der Waals surface area (Å²) in [6.07, 6.45) is 9.20. The Morgan fingerprint density at radius 3 is 2.34 bits per heavy atom. The van der Waals surface area contributed by atoms with E-state index >= 15 is 0 Å². The highest BCUT2D eigenvalue weighted by atomic mass is 16.6. The zero-order valence-corrected chi connectivity index (χ0v) is 28.8. The molecule has 6 unspecified atom stereocenters. The van der Waals surface area contributed by atoms with E-state index in [1.807, 2.05) is 26.0 Å². The number of methoxy groups -OCH3 is 1. The van der Waals surface area contributed by atoms with Gasteiger partial charge in [0.1, 0.15) is 16.9 Å². The Morgan fingerprint density at radius 1 is 0.957 bits per heavy atom. The summed E-state index contributed by atoms with van der Waals surface area (Å²) in [6, 6.07) is 6.80. The number of esters is 1. The molecule has 7 rings (SSSR count). The molecule has 47 heavy (non-hydrogen) atoms. The van der Waals surface area contributed by atoms with E-state index in [-0.39, 0.29) is 39.9 Å². The number of hydrogen-bond acceptors (Lipinski definition) is 8. The van der Waals surface area contributed by atoms with Crippen LogP contribution in [0.15, 0.2) is 61.2 Å². The number of allylic oxidation sites excluding steroid dienone is 4. The minimum absolute atomic E-state index is 0.0160. The highest BCUT2D eigenvalue weighted by Crippen LogP contribution is 2.67. The summed E-state index contributed by atoms with van der Waals surface area (Å²) in [5, 5.41) is 1.74. The molecule has 1 aromatic carbocycles. The van der Waals surface area contributed by atoms with E-state index in [1.165, 1.54) is 24.1 Å². The van der Waals surface area contributed by atoms with Crippen molar-refractivity contribution in [3.05, 3.63) is 63.7 Å². The van der Waals surface area contributed by atoms with Gasteiger partial charge in [-0.1, -0.05) is 39.3 Å². The SMILES string of the molecule is CC(=O)OC1(C(C)=O)CCC2C3C=C(C)C4=CC(=O)CCC4(C)C3CCC21C.COc1c(C(C)C)oc2cc3oc(=O)ccc3cc12. The van der Waals surface area contributed by atoms with Crippen LogP contribution in [0.3, 0.4) is 0 Å². The van der Waals surface area contributed by atoms with Crippen LogP contribution in [0.25, 0.3) is 21.9 Å². The van der Waals surface area contributed by atoms with Crippen molar-refractivity contribution < 1.29 is 32.7 Å². The van der Waals surface area contributed by atoms with Crippen molar-refractivity contribution >= 4 is 39.5 Å². The maximum absolute atomic E-state index is 12.8. The van der Waals surface area contributed by atoms with Crippen molar-refractivity contribution in [3.8, 4) is 5.75 Å². The quantitative estimate of drug-likeness (QED) is 0.207. The Hall–Kier alpha value is -3.94. The lowest BCUT2D eigenvalue weighted by molar-refractivity contribution is -0.185. The third kappa shape index (κ3) is 5.10. The molecule has 0 radical (unpaired) electrons. The van der Waals surface area contributed by atoms with Crippen LogP contribution in [0.5, 0.6) is 5.75 Å². The summed E-state index contributed by atoms with van der Waals surface area (Å²) in [7, 11) is 1.63. The number of ether oxygens (including phenoxy) is 2. The summed E-state index contributed by atoms with van der Waals surface area (Å²) in [6.45, 7) is 13.7. The molecular formula is C39H46O8. The van der Waals surface area contributed by atoms with Crippen LogP contribution < -0.4 is 10.4 Å². The Balaban J connectivity index is 0.000000177. The summed E-state index contributed by atoms with van der Waals surface area (Å²) >= 11 is 0. The van der Waals surface area contributed by atoms with Crippen LogP contribution in [0.2, 0.25) is 0 Å². The van der Waals surface area contributed by atoms with Gasteiger partial charge in [0.15, 0.2) is 22.9 Å². The fraction of sp³-hybridized carbons (Fsp3) is 0.538. The lowest BCUT2D eigenvalue weighted by Crippen LogP contribution is -2.58. The normalized spacial score (nSPS) is 31.3. The fourth-order valence-corrected chi connectivity index (χ4v) is 9.72. The third-order valence-corrected chi connectivity index (χ3v) is 12.0. The molecule has 0 amide bonds. The third-order valence-electron chi connectivity index (χ3n) is 12.0. The zero-order valence-electron chi connectivity index (χ0n) is 28.8. The highest BCUT2D eigenvalue weighted by Gasteiger charge is 2.67. The summed E-state index contributed by atoms with van der Waals surface area (Å²) < 4.78 is 22.2. The maximum atomic E-state index is 12.8. The van der Waals surface area contributed by atoms with E-state index in [0.29, 0.717) is 41.8 Å². The number of rotatable bonds is 4. The molecule has 2 heterocycles. The number of carbonyl (C=O) groups excluding carboxylic acids is 3. The van der Waals surface area contributed by atoms with Crippen LogP contribution >= 0.6 is 0 Å². The largest absolute Gasteiger partial charge is 0.492 e. The van der Waals surface area contributed by atoms with Gasteiger partial charge >= 0.3 is 11.6 Å². The van der Waals surface area contributed by atoms with E-state index in [2.05, 4.69) is 26.8 Å². The van der Waals surface area contributed by atoms with Gasteiger partial charge in [0.05, 0.1) is 12.5 Å². The Morgan fingerprint density at radius 2 is 1.68 bits per heavy atom. The average Bonchev–Trinajstić information content (AvgIpc) is 3.52. The van der Waals surface area contributed by atoms with Gasteiger partial charge in [-0.15, -0.1) is 0 Å². The van der Waals surface area contributed by atoms with Crippen LogP contribution in [-0.4, -0.2) is 30.2 Å². The first-order valence-corrected chi connectivity index (χ1v) is 16.8. The molecule has 4 aliphatic carbocycles. The van der Waals surface area contributed by atoms with Crippen molar-refractivity contribution in [1.29, 1.82) is 0 Å². The van der Waals surface area contributed by atoms with Gasteiger partial charge in [0.2, 0.25) is 0 Å². The molecule has 3 aromatic rings. The molecule has 6 atom stereocenters. The topological polar surface area (TPSA) is 113 Å². The molecule has 0 bridgehead atoms. The molecule has 250 valence electrons. The Labute approximate surface area is 275 Å². The van der Waals surface area contributed by atoms with E-state index in [0.717, 1.165) is 48.0 Å². The number of ketones is 2. The zero-order chi connectivity index (χ0) is 34.1. The predicted molar refractivity (Wildman–Crippen MR) is 179 cm³/mol. The van der Waals surface area contributed by atoms with E-state index in [9.17, 15) is 19.2 Å². The molecular weight excluding hydrogens is 596 g/mol. The summed E-state index contributed by atoms with van der Waals surface area (Å²) in [5.74, 6) is 2.80. The van der Waals surface area contributed by atoms with Crippen LogP contribution in [-0.2, 0) is 19.1 Å². The smallest absolute Gasteiger partial charge is 0.336 e. The number of Topliss-reactive ketones (excluding diaryl/α,β-unsaturated/α-hetero) is 1. The Bertz CT molecular complexity index is 1900. The monoisotopic (exact) mass is 642 g/mol. The second-order valence-electron chi connectivity index (χ2n) is 14.8. The fourth-order valence-electron chi connectivity index (χ4n) is 9.72. The van der Waals surface area contributed by atoms with Crippen molar-refractivity contribution in [2.24, 2.45) is 28.6 Å². The van der Waals surface area contributed by atoms with Gasteiger partial charge in [0.25, 0.3) is 0 Å². The lowest BCUT2D eigenvalue weighted by Gasteiger charge is -2.58. The van der Waals surface area contributed by atoms with Crippen molar-refractivity contribution in [1.82, 2.24) is 0 Å². The van der Waals surface area contributed by atoms with Crippen LogP contribution in [0.1, 0.15) is 98.7 Å². The molecule has 8 nitrogen and oxygen atoms in total. The van der Waals surface area contributed by atoms with Gasteiger partial charge in [-0.25, -0.2) is 4.79 Å². The van der Waals surface area contributed by atoms with Gasteiger partial charge in [-0.2, -0.15) is 0 Å². The number of carbonyl (C=O) groups is 3. The molecule has 2 saturated carbocycles. The molecule has 0 saturated heterocycles. The second-order valence-corrected chi connectivity index (χ2v) is 14.8. The molecule has 0 N–H and O–H groups in total. The first kappa shape index (κ1) is 33.0. The first-order valence-electron chi connectivity index (χ1n) is 16.8. The lowest BCUT2D eigenvalue weighted by atomic mass is 9.47. The van der Waals surface area contributed by atoms with Crippen LogP contribution in [0, 0.1) is 28.6 Å². The van der Waals surface area contributed by atoms with E-state index in [4.69, 9.17) is 18.3 Å². The van der Waals surface area contributed by atoms with Gasteiger partial charge in [-0.3, -0.25) is 14.4 Å². The van der Waals surface area contributed by atoms with E-state index in [1.54, 1.807) is 26.2 Å². The van der Waals surface area contributed by atoms with Gasteiger partial charge in [-0.05, 0) is 92.9 Å². The summed E-state index contributed by atoms with van der Waals surface area (Å²) in [4.78, 5) is 48.0. The second kappa shape index (κ2) is 11.6. The van der Waals surface area contributed by atoms with Gasteiger partial charge < -0.3 is 18.3 Å². The number of benzene rings is 1.